The van der Waals surface area contributed by atoms with E-state index in [1.165, 1.54) is 24.3 Å². The van der Waals surface area contributed by atoms with Crippen molar-refractivity contribution in [3.05, 3.63) is 81.5 Å². The standard InChI is InChI=1S/C22H26FN3O3S/c1-15(2)21-16(3)25(4)26(22(21)27)19-9-11-20(12-10-19)30(28,29)24-14-13-17-5-7-18(23)8-6-17/h5-12,15,24H,13-14H2,1-4H3. The highest BCUT2D eigenvalue weighted by molar-refractivity contribution is 7.89. The second-order valence-electron chi connectivity index (χ2n) is 7.56. The Morgan fingerprint density at radius 2 is 1.63 bits per heavy atom. The Morgan fingerprint density at radius 1 is 1.03 bits per heavy atom. The van der Waals surface area contributed by atoms with Gasteiger partial charge in [-0.2, -0.15) is 0 Å². The van der Waals surface area contributed by atoms with Crippen molar-refractivity contribution in [1.29, 1.82) is 0 Å². The normalized spacial score (nSPS) is 11.9. The predicted octanol–water partition coefficient (Wildman–Crippen LogP) is 3.27. The van der Waals surface area contributed by atoms with Gasteiger partial charge in [-0.1, -0.05) is 26.0 Å². The molecule has 0 aliphatic carbocycles. The average Bonchev–Trinajstić information content (AvgIpc) is 2.92. The van der Waals surface area contributed by atoms with E-state index in [1.54, 1.807) is 33.6 Å². The summed E-state index contributed by atoms with van der Waals surface area (Å²) in [6.07, 6.45) is 0.452. The molecule has 0 saturated heterocycles. The van der Waals surface area contributed by atoms with Crippen molar-refractivity contribution in [2.45, 2.75) is 38.0 Å². The summed E-state index contributed by atoms with van der Waals surface area (Å²) in [7, 11) is -1.88. The molecule has 0 aliphatic rings. The molecular formula is C22H26FN3O3S. The number of sulfonamides is 1. The number of nitrogens with zero attached hydrogens (tertiary/aromatic N) is 2. The number of hydrogen-bond donors (Lipinski definition) is 1. The summed E-state index contributed by atoms with van der Waals surface area (Å²) in [5.74, 6) is -0.234. The maximum Gasteiger partial charge on any atom is 0.275 e. The molecule has 0 saturated carbocycles. The van der Waals surface area contributed by atoms with Gasteiger partial charge in [0.2, 0.25) is 10.0 Å². The van der Waals surface area contributed by atoms with Gasteiger partial charge in [0.25, 0.3) is 5.56 Å². The molecule has 0 bridgehead atoms. The molecule has 1 N–H and O–H groups in total. The Labute approximate surface area is 176 Å². The molecule has 0 atom stereocenters. The first-order valence-corrected chi connectivity index (χ1v) is 11.2. The number of nitrogens with one attached hydrogen (secondary N) is 1. The van der Waals surface area contributed by atoms with E-state index in [9.17, 15) is 17.6 Å². The molecule has 30 heavy (non-hydrogen) atoms. The third kappa shape index (κ3) is 4.39. The summed E-state index contributed by atoms with van der Waals surface area (Å²) in [5.41, 5.74) is 2.97. The van der Waals surface area contributed by atoms with Crippen molar-refractivity contribution in [2.24, 2.45) is 7.05 Å². The molecule has 1 aromatic heterocycles. The zero-order valence-electron chi connectivity index (χ0n) is 17.5. The van der Waals surface area contributed by atoms with Crippen LogP contribution in [-0.2, 0) is 23.5 Å². The fourth-order valence-electron chi connectivity index (χ4n) is 3.52. The van der Waals surface area contributed by atoms with E-state index < -0.39 is 10.0 Å². The number of hydrogen-bond acceptors (Lipinski definition) is 3. The molecule has 0 unspecified atom stereocenters. The minimum atomic E-state index is -3.69. The second kappa shape index (κ2) is 8.57. The highest BCUT2D eigenvalue weighted by atomic mass is 32.2. The van der Waals surface area contributed by atoms with E-state index in [4.69, 9.17) is 0 Å². The highest BCUT2D eigenvalue weighted by Crippen LogP contribution is 2.19. The maximum atomic E-state index is 13.0. The molecule has 160 valence electrons. The van der Waals surface area contributed by atoms with Crippen LogP contribution in [-0.4, -0.2) is 24.3 Å². The topological polar surface area (TPSA) is 73.1 Å². The van der Waals surface area contributed by atoms with Gasteiger partial charge in [0, 0.05) is 24.8 Å². The molecule has 2 aromatic carbocycles. The van der Waals surface area contributed by atoms with Crippen molar-refractivity contribution in [3.63, 3.8) is 0 Å². The molecule has 8 heteroatoms. The van der Waals surface area contributed by atoms with Crippen molar-refractivity contribution < 1.29 is 12.8 Å². The summed E-state index contributed by atoms with van der Waals surface area (Å²) in [6, 6.07) is 12.2. The lowest BCUT2D eigenvalue weighted by Crippen LogP contribution is -2.26. The van der Waals surface area contributed by atoms with Crippen LogP contribution < -0.4 is 10.3 Å². The lowest BCUT2D eigenvalue weighted by molar-refractivity contribution is 0.581. The number of benzene rings is 2. The monoisotopic (exact) mass is 431 g/mol. The molecular weight excluding hydrogens is 405 g/mol. The third-order valence-electron chi connectivity index (χ3n) is 5.19. The van der Waals surface area contributed by atoms with Gasteiger partial charge >= 0.3 is 0 Å². The van der Waals surface area contributed by atoms with E-state index in [1.807, 2.05) is 27.8 Å². The van der Waals surface area contributed by atoms with Crippen molar-refractivity contribution in [3.8, 4) is 5.69 Å². The molecule has 0 radical (unpaired) electrons. The molecule has 6 nitrogen and oxygen atoms in total. The van der Waals surface area contributed by atoms with Gasteiger partial charge < -0.3 is 0 Å². The fraction of sp³-hybridized carbons (Fsp3) is 0.318. The first-order chi connectivity index (χ1) is 14.1. The SMILES string of the molecule is Cc1c(C(C)C)c(=O)n(-c2ccc(S(=O)(=O)NCCc3ccc(F)cc3)cc2)n1C. The van der Waals surface area contributed by atoms with E-state index >= 15 is 0 Å². The highest BCUT2D eigenvalue weighted by Gasteiger charge is 2.19. The Hall–Kier alpha value is -2.71. The van der Waals surface area contributed by atoms with Crippen molar-refractivity contribution in [2.75, 3.05) is 6.54 Å². The summed E-state index contributed by atoms with van der Waals surface area (Å²) in [5, 5.41) is 0. The van der Waals surface area contributed by atoms with Crippen LogP contribution in [0.15, 0.2) is 58.2 Å². The van der Waals surface area contributed by atoms with Gasteiger partial charge in [0.05, 0.1) is 10.6 Å². The first-order valence-electron chi connectivity index (χ1n) is 9.75. The molecule has 0 spiro atoms. The Bertz CT molecular complexity index is 1190. The van der Waals surface area contributed by atoms with Gasteiger partial charge in [-0.3, -0.25) is 9.48 Å². The summed E-state index contributed by atoms with van der Waals surface area (Å²) in [6.45, 7) is 6.05. The Kier molecular flexibility index (Phi) is 6.28. The number of rotatable bonds is 7. The smallest absolute Gasteiger partial charge is 0.275 e. The predicted molar refractivity (Wildman–Crippen MR) is 115 cm³/mol. The van der Waals surface area contributed by atoms with Crippen LogP contribution in [0.2, 0.25) is 0 Å². The summed E-state index contributed by atoms with van der Waals surface area (Å²) >= 11 is 0. The van der Waals surface area contributed by atoms with E-state index in [0.717, 1.165) is 16.8 Å². The van der Waals surface area contributed by atoms with Crippen LogP contribution in [0, 0.1) is 12.7 Å². The van der Waals surface area contributed by atoms with Gasteiger partial charge in [0.15, 0.2) is 0 Å². The summed E-state index contributed by atoms with van der Waals surface area (Å²) in [4.78, 5) is 12.9. The summed E-state index contributed by atoms with van der Waals surface area (Å²) < 4.78 is 44.0. The lowest BCUT2D eigenvalue weighted by atomic mass is 10.0. The molecule has 0 aliphatic heterocycles. The van der Waals surface area contributed by atoms with Crippen molar-refractivity contribution >= 4 is 10.0 Å². The zero-order chi connectivity index (χ0) is 22.1. The molecule has 0 amide bonds. The first kappa shape index (κ1) is 22.0. The fourth-order valence-corrected chi connectivity index (χ4v) is 4.55. The van der Waals surface area contributed by atoms with Crippen LogP contribution >= 0.6 is 0 Å². The molecule has 0 fully saturated rings. The molecule has 3 rings (SSSR count). The maximum absolute atomic E-state index is 13.0. The molecule has 3 aromatic rings. The van der Waals surface area contributed by atoms with E-state index in [2.05, 4.69) is 4.72 Å². The van der Waals surface area contributed by atoms with Crippen LogP contribution in [0.1, 0.15) is 36.6 Å². The number of aromatic nitrogens is 2. The van der Waals surface area contributed by atoms with Crippen LogP contribution in [0.4, 0.5) is 4.39 Å². The van der Waals surface area contributed by atoms with Gasteiger partial charge in [-0.25, -0.2) is 22.2 Å². The van der Waals surface area contributed by atoms with Crippen LogP contribution in [0.25, 0.3) is 5.69 Å². The van der Waals surface area contributed by atoms with Gasteiger partial charge in [0.1, 0.15) is 5.82 Å². The van der Waals surface area contributed by atoms with E-state index in [0.29, 0.717) is 12.1 Å². The van der Waals surface area contributed by atoms with Gasteiger partial charge in [-0.15, -0.1) is 0 Å². The number of halogens is 1. The quantitative estimate of drug-likeness (QED) is 0.624. The largest absolute Gasteiger partial charge is 0.285 e. The molecule has 1 heterocycles. The zero-order valence-corrected chi connectivity index (χ0v) is 18.3. The Balaban J connectivity index is 1.77. The van der Waals surface area contributed by atoms with Crippen LogP contribution in [0.5, 0.6) is 0 Å². The lowest BCUT2D eigenvalue weighted by Gasteiger charge is -2.10. The Morgan fingerprint density at radius 3 is 2.17 bits per heavy atom. The van der Waals surface area contributed by atoms with E-state index in [-0.39, 0.29) is 28.7 Å². The third-order valence-corrected chi connectivity index (χ3v) is 6.66. The second-order valence-corrected chi connectivity index (χ2v) is 9.33. The van der Waals surface area contributed by atoms with Crippen molar-refractivity contribution in [1.82, 2.24) is 14.1 Å². The minimum absolute atomic E-state index is 0.0925. The van der Waals surface area contributed by atoms with Crippen LogP contribution in [0.3, 0.4) is 0 Å². The minimum Gasteiger partial charge on any atom is -0.285 e. The van der Waals surface area contributed by atoms with Gasteiger partial charge in [-0.05, 0) is 61.2 Å². The average molecular weight is 432 g/mol.